The summed E-state index contributed by atoms with van der Waals surface area (Å²) in [4.78, 5) is 23.8. The molecule has 0 bridgehead atoms. The van der Waals surface area contributed by atoms with Crippen LogP contribution in [0.5, 0.6) is 0 Å². The van der Waals surface area contributed by atoms with E-state index in [0.29, 0.717) is 25.0 Å². The van der Waals surface area contributed by atoms with E-state index in [1.54, 1.807) is 0 Å². The van der Waals surface area contributed by atoms with Crippen molar-refractivity contribution in [1.29, 1.82) is 0 Å². The van der Waals surface area contributed by atoms with E-state index < -0.39 is 0 Å². The first-order valence-electron chi connectivity index (χ1n) is 12.8. The lowest BCUT2D eigenvalue weighted by Crippen LogP contribution is -2.27. The van der Waals surface area contributed by atoms with Gasteiger partial charge in [0, 0.05) is 12.8 Å². The van der Waals surface area contributed by atoms with Crippen LogP contribution in [-0.4, -0.2) is 24.4 Å². The summed E-state index contributed by atoms with van der Waals surface area (Å²) in [7, 11) is 0. The Hall–Kier alpha value is -3.83. The van der Waals surface area contributed by atoms with Gasteiger partial charge >= 0.3 is 5.97 Å². The number of hydrogen-bond donors (Lipinski definition) is 2. The summed E-state index contributed by atoms with van der Waals surface area (Å²) in [5, 5.41) is 18.3. The molecule has 5 heteroatoms. The second-order valence-electron chi connectivity index (χ2n) is 9.86. The maximum atomic E-state index is 12.3. The Bertz CT molecular complexity index is 1890. The predicted molar refractivity (Wildman–Crippen MR) is 156 cm³/mol. The summed E-state index contributed by atoms with van der Waals surface area (Å²) < 4.78 is 5.20. The highest BCUT2D eigenvalue weighted by Gasteiger charge is 2.21. The minimum atomic E-state index is -0.299. The van der Waals surface area contributed by atoms with E-state index in [1.807, 2.05) is 0 Å². The van der Waals surface area contributed by atoms with Gasteiger partial charge in [0.2, 0.25) is 5.91 Å². The smallest absolute Gasteiger partial charge is 0.307 e. The standard InChI is InChI=1S/C32H25NO3S/c34-25(14-15-37)33-17-36-26(35)3-1-2-22-16-23-11-10-20-7-5-18-4-6-19-8-9-21-12-13-24(22)32-30(21)28(19)27(18)29(20)31(23)32/h4-13,16,37H,1-3,14-15,17H2,(H,33,34). The number of esters is 1. The molecule has 0 aliphatic heterocycles. The summed E-state index contributed by atoms with van der Waals surface area (Å²) in [5.41, 5.74) is 1.25. The van der Waals surface area contributed by atoms with Gasteiger partial charge in [0.25, 0.3) is 0 Å². The van der Waals surface area contributed by atoms with Crippen molar-refractivity contribution in [2.75, 3.05) is 12.5 Å². The van der Waals surface area contributed by atoms with Crippen LogP contribution in [0.25, 0.3) is 64.6 Å². The van der Waals surface area contributed by atoms with Crippen molar-refractivity contribution in [3.8, 4) is 0 Å². The van der Waals surface area contributed by atoms with Gasteiger partial charge in [0.1, 0.15) is 0 Å². The van der Waals surface area contributed by atoms with Crippen LogP contribution >= 0.6 is 12.6 Å². The lowest BCUT2D eigenvalue weighted by Gasteiger charge is -2.22. The molecule has 1 amide bonds. The van der Waals surface area contributed by atoms with Gasteiger partial charge in [-0.2, -0.15) is 12.6 Å². The number of rotatable bonds is 8. The highest BCUT2D eigenvalue weighted by Crippen LogP contribution is 2.48. The van der Waals surface area contributed by atoms with Gasteiger partial charge < -0.3 is 10.1 Å². The third-order valence-corrected chi connectivity index (χ3v) is 7.98. The Morgan fingerprint density at radius 2 is 1.19 bits per heavy atom. The Balaban J connectivity index is 1.29. The fourth-order valence-electron chi connectivity index (χ4n) is 6.15. The Kier molecular flexibility index (Phi) is 5.22. The summed E-state index contributed by atoms with van der Waals surface area (Å²) in [6, 6.07) is 24.7. The average molecular weight is 504 g/mol. The number of hydrogen-bond acceptors (Lipinski definition) is 4. The SMILES string of the molecule is O=C(CCS)NCOC(=O)CCCc1cc2ccc3ccc4ccc5ccc6ccc1c1c6c5c4c3c21. The molecule has 0 fully saturated rings. The quantitative estimate of drug-likeness (QED) is 0.0759. The van der Waals surface area contributed by atoms with Crippen molar-refractivity contribution < 1.29 is 14.3 Å². The summed E-state index contributed by atoms with van der Waals surface area (Å²) in [5.74, 6) is -0.00142. The first-order chi connectivity index (χ1) is 18.1. The van der Waals surface area contributed by atoms with Crippen molar-refractivity contribution in [3.05, 3.63) is 72.3 Å². The molecule has 1 N–H and O–H groups in total. The number of carbonyl (C=O) groups is 2. The number of aryl methyl sites for hydroxylation is 1. The minimum Gasteiger partial charge on any atom is -0.444 e. The first kappa shape index (κ1) is 22.4. The molecule has 0 aliphatic carbocycles. The van der Waals surface area contributed by atoms with E-state index in [1.165, 1.54) is 70.2 Å². The Morgan fingerprint density at radius 3 is 1.78 bits per heavy atom. The van der Waals surface area contributed by atoms with Crippen molar-refractivity contribution >= 4 is 89.1 Å². The third-order valence-electron chi connectivity index (χ3n) is 7.76. The Morgan fingerprint density at radius 1 is 0.676 bits per heavy atom. The van der Waals surface area contributed by atoms with Gasteiger partial charge in [-0.25, -0.2) is 0 Å². The van der Waals surface area contributed by atoms with E-state index in [9.17, 15) is 9.59 Å². The molecule has 0 spiro atoms. The van der Waals surface area contributed by atoms with Gasteiger partial charge in [-0.05, 0) is 88.8 Å². The zero-order valence-electron chi connectivity index (χ0n) is 20.3. The molecule has 0 saturated carbocycles. The van der Waals surface area contributed by atoms with Gasteiger partial charge in [0.15, 0.2) is 6.73 Å². The maximum Gasteiger partial charge on any atom is 0.307 e. The summed E-state index contributed by atoms with van der Waals surface area (Å²) in [6.45, 7) is -0.0900. The van der Waals surface area contributed by atoms with Crippen molar-refractivity contribution in [2.24, 2.45) is 0 Å². The average Bonchev–Trinajstić information content (AvgIpc) is 2.91. The maximum absolute atomic E-state index is 12.3. The molecule has 7 aromatic carbocycles. The van der Waals surface area contributed by atoms with Crippen LogP contribution in [-0.2, 0) is 20.7 Å². The second-order valence-corrected chi connectivity index (χ2v) is 10.3. The van der Waals surface area contributed by atoms with Crippen LogP contribution < -0.4 is 5.32 Å². The normalized spacial score (nSPS) is 12.2. The minimum absolute atomic E-state index is 0.0900. The highest BCUT2D eigenvalue weighted by molar-refractivity contribution is 7.80. The third kappa shape index (κ3) is 3.45. The molecular weight excluding hydrogens is 478 g/mol. The monoisotopic (exact) mass is 503 g/mol. The number of carbonyl (C=O) groups excluding carboxylic acids is 2. The number of nitrogens with one attached hydrogen (secondary N) is 1. The molecule has 0 aliphatic rings. The molecular formula is C32H25NO3S. The van der Waals surface area contributed by atoms with Crippen LogP contribution in [0.2, 0.25) is 0 Å². The van der Waals surface area contributed by atoms with Crippen LogP contribution in [0.15, 0.2) is 66.7 Å². The summed E-state index contributed by atoms with van der Waals surface area (Å²) in [6.07, 6.45) is 2.07. The molecule has 0 aromatic heterocycles. The lowest BCUT2D eigenvalue weighted by atomic mass is 9.81. The van der Waals surface area contributed by atoms with Crippen molar-refractivity contribution in [2.45, 2.75) is 25.7 Å². The topological polar surface area (TPSA) is 55.4 Å². The molecule has 0 atom stereocenters. The number of ether oxygens (including phenoxy) is 1. The zero-order chi connectivity index (χ0) is 25.1. The van der Waals surface area contributed by atoms with E-state index in [0.717, 1.165) is 6.42 Å². The molecule has 0 unspecified atom stereocenters. The van der Waals surface area contributed by atoms with Crippen LogP contribution in [0.3, 0.4) is 0 Å². The number of benzene rings is 7. The second kappa shape index (κ2) is 8.63. The first-order valence-corrected chi connectivity index (χ1v) is 13.4. The van der Waals surface area contributed by atoms with Gasteiger partial charge in [-0.3, -0.25) is 9.59 Å². The van der Waals surface area contributed by atoms with Crippen LogP contribution in [0.4, 0.5) is 0 Å². The van der Waals surface area contributed by atoms with Crippen LogP contribution in [0.1, 0.15) is 24.8 Å². The molecule has 0 heterocycles. The van der Waals surface area contributed by atoms with E-state index in [2.05, 4.69) is 84.7 Å². The number of thiol groups is 1. The molecule has 182 valence electrons. The zero-order valence-corrected chi connectivity index (χ0v) is 21.2. The number of amides is 1. The molecule has 0 radical (unpaired) electrons. The highest BCUT2D eigenvalue weighted by atomic mass is 32.1. The fourth-order valence-corrected chi connectivity index (χ4v) is 6.36. The lowest BCUT2D eigenvalue weighted by molar-refractivity contribution is -0.145. The molecule has 7 rings (SSSR count). The van der Waals surface area contributed by atoms with E-state index >= 15 is 0 Å². The molecule has 0 saturated heterocycles. The largest absolute Gasteiger partial charge is 0.444 e. The van der Waals surface area contributed by atoms with Gasteiger partial charge in [-0.1, -0.05) is 66.7 Å². The molecule has 7 aromatic rings. The van der Waals surface area contributed by atoms with Gasteiger partial charge in [0.05, 0.1) is 0 Å². The fraction of sp³-hybridized carbons (Fsp3) is 0.188. The van der Waals surface area contributed by atoms with E-state index in [-0.39, 0.29) is 18.6 Å². The predicted octanol–water partition coefficient (Wildman–Crippen LogP) is 7.18. The molecule has 37 heavy (non-hydrogen) atoms. The molecule has 4 nitrogen and oxygen atoms in total. The van der Waals surface area contributed by atoms with Crippen LogP contribution in [0, 0.1) is 0 Å². The summed E-state index contributed by atoms with van der Waals surface area (Å²) >= 11 is 4.03. The van der Waals surface area contributed by atoms with Crippen molar-refractivity contribution in [3.63, 3.8) is 0 Å². The van der Waals surface area contributed by atoms with Gasteiger partial charge in [-0.15, -0.1) is 0 Å². The Labute approximate surface area is 219 Å². The van der Waals surface area contributed by atoms with Crippen molar-refractivity contribution in [1.82, 2.24) is 5.32 Å². The van der Waals surface area contributed by atoms with E-state index in [4.69, 9.17) is 4.74 Å².